The number of ether oxygens (including phenoxy) is 4. The number of carbonyl (C=O) groups excluding carboxylic acids is 3. The number of cyclic esters (lactones) is 1. The first-order valence-electron chi connectivity index (χ1n) is 12.7. The number of phenols is 2. The summed E-state index contributed by atoms with van der Waals surface area (Å²) in [6.07, 6.45) is 6.20. The Hall–Kier alpha value is -4.01. The van der Waals surface area contributed by atoms with Crippen molar-refractivity contribution in [3.8, 4) is 28.7 Å². The van der Waals surface area contributed by atoms with Gasteiger partial charge in [-0.25, -0.2) is 4.79 Å². The fourth-order valence-electron chi connectivity index (χ4n) is 4.92. The van der Waals surface area contributed by atoms with Crippen LogP contribution in [0.2, 0.25) is 0 Å². The quantitative estimate of drug-likeness (QED) is 0.419. The van der Waals surface area contributed by atoms with Gasteiger partial charge in [-0.05, 0) is 61.9 Å². The lowest BCUT2D eigenvalue weighted by atomic mass is 9.83. The van der Waals surface area contributed by atoms with Crippen molar-refractivity contribution in [3.05, 3.63) is 46.5 Å². The molecule has 0 saturated carbocycles. The summed E-state index contributed by atoms with van der Waals surface area (Å²) in [7, 11) is 2.78. The summed E-state index contributed by atoms with van der Waals surface area (Å²) in [5, 5.41) is 21.9. The van der Waals surface area contributed by atoms with Crippen LogP contribution in [0.3, 0.4) is 0 Å². The number of ketones is 1. The summed E-state index contributed by atoms with van der Waals surface area (Å²) in [4.78, 5) is 38.0. The number of rotatable bonds is 3. The van der Waals surface area contributed by atoms with Crippen LogP contribution in [-0.2, 0) is 14.3 Å². The number of hydrogen-bond acceptors (Lipinski definition) is 9. The molecule has 2 aromatic carbocycles. The minimum Gasteiger partial charge on any atom is -0.507 e. The van der Waals surface area contributed by atoms with Crippen LogP contribution in [0.1, 0.15) is 84.8 Å². The molecule has 2 heterocycles. The molecule has 0 aliphatic carbocycles. The number of esters is 2. The Labute approximate surface area is 221 Å². The summed E-state index contributed by atoms with van der Waals surface area (Å²) in [6, 6.07) is 4.65. The molecule has 0 spiro atoms. The smallest absolute Gasteiger partial charge is 0.342 e. The molecule has 202 valence electrons. The highest BCUT2D eigenvalue weighted by molar-refractivity contribution is 5.98. The van der Waals surface area contributed by atoms with E-state index in [-0.39, 0.29) is 52.1 Å². The fraction of sp³-hybridized carbons (Fsp3) is 0.414. The number of Topliss-reactive ketones (excluding diaryl/α,β-unsaturated/α-hetero) is 1. The van der Waals surface area contributed by atoms with Gasteiger partial charge in [0, 0.05) is 24.3 Å². The van der Waals surface area contributed by atoms with Crippen LogP contribution in [0, 0.1) is 0 Å². The summed E-state index contributed by atoms with van der Waals surface area (Å²) in [5.41, 5.74) is 1.09. The molecule has 0 amide bonds. The number of fused-ring (bicyclic) bond motifs is 2. The molecule has 0 bridgehead atoms. The maximum absolute atomic E-state index is 13.3. The van der Waals surface area contributed by atoms with Gasteiger partial charge in [0.1, 0.15) is 22.8 Å². The summed E-state index contributed by atoms with van der Waals surface area (Å²) in [5.74, 6) is -1.92. The van der Waals surface area contributed by atoms with Gasteiger partial charge in [-0.1, -0.05) is 12.2 Å². The van der Waals surface area contributed by atoms with Crippen molar-refractivity contribution in [3.63, 3.8) is 0 Å². The molecular formula is C29H32O9. The Morgan fingerprint density at radius 3 is 2.32 bits per heavy atom. The Morgan fingerprint density at radius 1 is 0.947 bits per heavy atom. The molecule has 0 saturated heterocycles. The second-order valence-electron chi connectivity index (χ2n) is 9.55. The van der Waals surface area contributed by atoms with Crippen LogP contribution in [0.15, 0.2) is 24.3 Å². The minimum atomic E-state index is -0.715. The number of benzene rings is 2. The first-order valence-corrected chi connectivity index (χ1v) is 12.7. The topological polar surface area (TPSA) is 129 Å². The van der Waals surface area contributed by atoms with E-state index in [0.29, 0.717) is 49.7 Å². The minimum absolute atomic E-state index is 0.0272. The van der Waals surface area contributed by atoms with Crippen LogP contribution in [0.25, 0.3) is 6.08 Å². The molecule has 0 radical (unpaired) electrons. The van der Waals surface area contributed by atoms with Crippen LogP contribution in [-0.4, -0.2) is 48.3 Å². The van der Waals surface area contributed by atoms with Crippen LogP contribution >= 0.6 is 0 Å². The van der Waals surface area contributed by atoms with Crippen molar-refractivity contribution >= 4 is 23.8 Å². The van der Waals surface area contributed by atoms with Gasteiger partial charge in [0.25, 0.3) is 0 Å². The third-order valence-electron chi connectivity index (χ3n) is 6.88. The van der Waals surface area contributed by atoms with E-state index in [9.17, 15) is 24.6 Å². The predicted molar refractivity (Wildman–Crippen MR) is 138 cm³/mol. The number of hydrogen-bond donors (Lipinski definition) is 2. The van der Waals surface area contributed by atoms with Gasteiger partial charge in [-0.3, -0.25) is 9.59 Å². The zero-order valence-corrected chi connectivity index (χ0v) is 21.7. The SMILES string of the molecule is COc1cc([C@H]2CC(=O)Oc3cc4c(c(O)c32)C(=O)O[C@@H](C)CCCC(=O)CCCC=C4)cc(OC)c1O. The van der Waals surface area contributed by atoms with E-state index in [1.165, 1.54) is 14.2 Å². The summed E-state index contributed by atoms with van der Waals surface area (Å²) in [6.45, 7) is 1.75. The van der Waals surface area contributed by atoms with Crippen molar-refractivity contribution in [2.24, 2.45) is 0 Å². The number of aromatic hydroxyl groups is 2. The van der Waals surface area contributed by atoms with E-state index in [4.69, 9.17) is 18.9 Å². The summed E-state index contributed by atoms with van der Waals surface area (Å²) < 4.78 is 21.7. The van der Waals surface area contributed by atoms with Gasteiger partial charge in [-0.2, -0.15) is 0 Å². The second-order valence-corrected chi connectivity index (χ2v) is 9.55. The Kier molecular flexibility index (Phi) is 8.24. The Bertz CT molecular complexity index is 1250. The maximum atomic E-state index is 13.3. The third-order valence-corrected chi connectivity index (χ3v) is 6.88. The molecule has 2 aromatic rings. The van der Waals surface area contributed by atoms with E-state index in [1.54, 1.807) is 31.2 Å². The van der Waals surface area contributed by atoms with E-state index in [2.05, 4.69) is 0 Å². The molecule has 38 heavy (non-hydrogen) atoms. The Balaban J connectivity index is 1.85. The lowest BCUT2D eigenvalue weighted by molar-refractivity contribution is -0.135. The lowest BCUT2D eigenvalue weighted by Gasteiger charge is -2.28. The highest BCUT2D eigenvalue weighted by Crippen LogP contribution is 2.49. The van der Waals surface area contributed by atoms with Gasteiger partial charge in [0.2, 0.25) is 5.75 Å². The molecular weight excluding hydrogens is 492 g/mol. The normalized spacial score (nSPS) is 20.4. The standard InChI is InChI=1S/C29H32O9/c1-16-8-7-11-19(30)10-6-4-5-9-17-12-21-26(28(33)25(17)29(34)37-16)20(15-24(31)38-21)18-13-22(35-2)27(32)23(14-18)36-3/h5,9,12-14,16,20,32-33H,4,6-8,10-11,15H2,1-3H3/t16-,20+/m0/s1. The van der Waals surface area contributed by atoms with E-state index < -0.39 is 24.0 Å². The summed E-state index contributed by atoms with van der Waals surface area (Å²) >= 11 is 0. The molecule has 0 unspecified atom stereocenters. The van der Waals surface area contributed by atoms with E-state index >= 15 is 0 Å². The van der Waals surface area contributed by atoms with Crippen LogP contribution in [0.4, 0.5) is 0 Å². The molecule has 9 nitrogen and oxygen atoms in total. The predicted octanol–water partition coefficient (Wildman–Crippen LogP) is 5.04. The van der Waals surface area contributed by atoms with Crippen LogP contribution in [0.5, 0.6) is 28.7 Å². The van der Waals surface area contributed by atoms with Crippen LogP contribution < -0.4 is 14.2 Å². The van der Waals surface area contributed by atoms with E-state index in [1.807, 2.05) is 6.08 Å². The molecule has 2 N–H and O–H groups in total. The molecule has 0 fully saturated rings. The molecule has 2 aliphatic heterocycles. The maximum Gasteiger partial charge on any atom is 0.342 e. The van der Waals surface area contributed by atoms with Gasteiger partial charge in [0.05, 0.1) is 26.7 Å². The first-order chi connectivity index (χ1) is 18.2. The zero-order chi connectivity index (χ0) is 27.4. The zero-order valence-electron chi connectivity index (χ0n) is 21.7. The van der Waals surface area contributed by atoms with Gasteiger partial charge in [0.15, 0.2) is 11.5 Å². The highest BCUT2D eigenvalue weighted by atomic mass is 16.5. The largest absolute Gasteiger partial charge is 0.507 e. The highest BCUT2D eigenvalue weighted by Gasteiger charge is 2.36. The molecule has 2 aliphatic rings. The molecule has 9 heteroatoms. The number of phenolic OH excluding ortho intramolecular Hbond substituents is 2. The van der Waals surface area contributed by atoms with Gasteiger partial charge < -0.3 is 29.2 Å². The molecule has 2 atom stereocenters. The van der Waals surface area contributed by atoms with E-state index in [0.717, 1.165) is 0 Å². The van der Waals surface area contributed by atoms with Gasteiger partial charge in [-0.15, -0.1) is 0 Å². The first kappa shape index (κ1) is 27.0. The lowest BCUT2D eigenvalue weighted by Crippen LogP contribution is -2.23. The van der Waals surface area contributed by atoms with Crippen molar-refractivity contribution in [2.45, 2.75) is 63.9 Å². The number of methoxy groups -OCH3 is 2. The average Bonchev–Trinajstić information content (AvgIpc) is 2.87. The van der Waals surface area contributed by atoms with Crippen molar-refractivity contribution in [1.82, 2.24) is 0 Å². The van der Waals surface area contributed by atoms with Crippen molar-refractivity contribution < 1.29 is 43.5 Å². The second kappa shape index (κ2) is 11.6. The van der Waals surface area contributed by atoms with Gasteiger partial charge >= 0.3 is 11.9 Å². The number of carbonyl (C=O) groups is 3. The molecule has 0 aromatic heterocycles. The monoisotopic (exact) mass is 524 g/mol. The fourth-order valence-corrected chi connectivity index (χ4v) is 4.92. The molecule has 4 rings (SSSR count). The Morgan fingerprint density at radius 2 is 1.63 bits per heavy atom. The van der Waals surface area contributed by atoms with Crippen molar-refractivity contribution in [1.29, 1.82) is 0 Å². The van der Waals surface area contributed by atoms with Crippen molar-refractivity contribution in [2.75, 3.05) is 14.2 Å². The number of allylic oxidation sites excluding steroid dienone is 1. The third kappa shape index (κ3) is 5.61. The average molecular weight is 525 g/mol.